The lowest BCUT2D eigenvalue weighted by Gasteiger charge is -2.32. The smallest absolute Gasteiger partial charge is 0.253 e. The third kappa shape index (κ3) is 12.8. The zero-order valence-corrected chi connectivity index (χ0v) is 16.3. The van der Waals surface area contributed by atoms with E-state index in [1.807, 2.05) is 0 Å². The van der Waals surface area contributed by atoms with Crippen molar-refractivity contribution >= 4 is 17.6 Å². The highest BCUT2D eigenvalue weighted by Crippen LogP contribution is 2.32. The van der Waals surface area contributed by atoms with Crippen LogP contribution in [0.1, 0.15) is 48.0 Å². The zero-order valence-electron chi connectivity index (χ0n) is 16.3. The molecular weight excluding hydrogens is 432 g/mol. The predicted octanol–water partition coefficient (Wildman–Crippen LogP) is 4.88. The third-order valence-electron chi connectivity index (χ3n) is 4.60. The molecule has 0 aromatic carbocycles. The molecule has 0 aromatic rings. The Morgan fingerprint density at radius 2 is 1.30 bits per heavy atom. The summed E-state index contributed by atoms with van der Waals surface area (Å²) < 4.78 is 5.56. The highest BCUT2D eigenvalue weighted by atomic mass is 16.5. The molecule has 14 heteroatoms. The second kappa shape index (κ2) is 19.1. The number of ether oxygens (including phenoxy) is 1. The summed E-state index contributed by atoms with van der Waals surface area (Å²) in [5, 5.41) is 10.6. The molecule has 33 heavy (non-hydrogen) atoms. The molecule has 184 valence electrons. The van der Waals surface area contributed by atoms with Crippen molar-refractivity contribution in [2.24, 2.45) is 20.8 Å². The number of nitrogens with zero attached hydrogens (tertiary/aromatic N) is 10. The van der Waals surface area contributed by atoms with E-state index in [4.69, 9.17) is 21.3 Å². The SMILES string of the molecule is C.C.C.[N-]=[N+]=NCCC(CCN=[N+]=[N-])(CCN=[N+]=[N-])COCC(=O)CCN1C(=O)C=CC1=O. The van der Waals surface area contributed by atoms with E-state index in [2.05, 4.69) is 30.1 Å². The third-order valence-corrected chi connectivity index (χ3v) is 4.60. The monoisotopic (exact) mass is 466 g/mol. The zero-order chi connectivity index (χ0) is 22.2. The van der Waals surface area contributed by atoms with Crippen LogP contribution < -0.4 is 0 Å². The van der Waals surface area contributed by atoms with Crippen molar-refractivity contribution in [1.82, 2.24) is 4.90 Å². The second-order valence-corrected chi connectivity index (χ2v) is 6.56. The standard InChI is InChI=1S/C16H22N10O4.3CH4/c17-23-20-7-4-16(5-8-21-24-18,6-9-22-25-19)12-30-11-13(27)3-10-26-14(28)1-2-15(26)29;;;/h1-2H,3-12H2;3*1H4. The summed E-state index contributed by atoms with van der Waals surface area (Å²) in [4.78, 5) is 44.2. The molecule has 2 amide bonds. The summed E-state index contributed by atoms with van der Waals surface area (Å²) in [6.45, 7) is 0.300. The Bertz CT molecular complexity index is 736. The largest absolute Gasteiger partial charge is 0.373 e. The minimum absolute atomic E-state index is 0. The molecule has 0 radical (unpaired) electrons. The van der Waals surface area contributed by atoms with E-state index in [0.717, 1.165) is 17.1 Å². The van der Waals surface area contributed by atoms with E-state index >= 15 is 0 Å². The van der Waals surface area contributed by atoms with Gasteiger partial charge in [0.05, 0.1) is 6.61 Å². The predicted molar refractivity (Wildman–Crippen MR) is 125 cm³/mol. The molecule has 14 nitrogen and oxygen atoms in total. The molecule has 0 aromatic heterocycles. The van der Waals surface area contributed by atoms with Gasteiger partial charge in [0.25, 0.3) is 11.8 Å². The van der Waals surface area contributed by atoms with Crippen molar-refractivity contribution in [3.05, 3.63) is 43.5 Å². The average Bonchev–Trinajstić information content (AvgIpc) is 3.04. The number of imide groups is 1. The van der Waals surface area contributed by atoms with Crippen LogP contribution >= 0.6 is 0 Å². The van der Waals surface area contributed by atoms with Crippen LogP contribution in [-0.2, 0) is 19.1 Å². The minimum Gasteiger partial charge on any atom is -0.373 e. The van der Waals surface area contributed by atoms with Crippen LogP contribution in [0.5, 0.6) is 0 Å². The number of azide groups is 3. The Morgan fingerprint density at radius 3 is 1.70 bits per heavy atom. The number of carbonyl (C=O) groups is 3. The maximum absolute atomic E-state index is 12.1. The lowest BCUT2D eigenvalue weighted by Crippen LogP contribution is -2.33. The Hall–Kier alpha value is -3.56. The highest BCUT2D eigenvalue weighted by molar-refractivity contribution is 6.13. The number of amides is 2. The summed E-state index contributed by atoms with van der Waals surface area (Å²) >= 11 is 0. The summed E-state index contributed by atoms with van der Waals surface area (Å²) in [6.07, 6.45) is 3.41. The molecule has 0 bridgehead atoms. The van der Waals surface area contributed by atoms with Crippen molar-refractivity contribution in [3.63, 3.8) is 0 Å². The summed E-state index contributed by atoms with van der Waals surface area (Å²) in [5.41, 5.74) is 24.9. The molecule has 0 N–H and O–H groups in total. The van der Waals surface area contributed by atoms with Gasteiger partial charge in [-0.1, -0.05) is 37.6 Å². The van der Waals surface area contributed by atoms with Gasteiger partial charge in [-0.2, -0.15) is 0 Å². The molecule has 0 spiro atoms. The van der Waals surface area contributed by atoms with Gasteiger partial charge >= 0.3 is 0 Å². The van der Waals surface area contributed by atoms with Gasteiger partial charge in [0.1, 0.15) is 6.61 Å². The van der Waals surface area contributed by atoms with E-state index in [0.29, 0.717) is 19.3 Å². The Kier molecular flexibility index (Phi) is 19.8. The summed E-state index contributed by atoms with van der Waals surface area (Å²) in [7, 11) is 0. The quantitative estimate of drug-likeness (QED) is 0.134. The molecule has 0 aliphatic carbocycles. The van der Waals surface area contributed by atoms with Crippen molar-refractivity contribution in [2.75, 3.05) is 39.4 Å². The lowest BCUT2D eigenvalue weighted by atomic mass is 9.78. The molecule has 0 fully saturated rings. The van der Waals surface area contributed by atoms with Gasteiger partial charge < -0.3 is 4.74 Å². The van der Waals surface area contributed by atoms with Gasteiger partial charge in [-0.05, 0) is 41.3 Å². The van der Waals surface area contributed by atoms with Crippen molar-refractivity contribution in [2.45, 2.75) is 48.0 Å². The molecular formula is C19H34N10O4. The van der Waals surface area contributed by atoms with E-state index < -0.39 is 17.2 Å². The number of ketones is 1. The molecule has 1 rings (SSSR count). The van der Waals surface area contributed by atoms with Crippen LogP contribution in [0.2, 0.25) is 0 Å². The highest BCUT2D eigenvalue weighted by Gasteiger charge is 2.29. The van der Waals surface area contributed by atoms with Gasteiger partial charge in [-0.15, -0.1) is 0 Å². The fourth-order valence-electron chi connectivity index (χ4n) is 2.93. The van der Waals surface area contributed by atoms with Gasteiger partial charge in [0.2, 0.25) is 0 Å². The number of carbonyl (C=O) groups excluding carboxylic acids is 3. The van der Waals surface area contributed by atoms with Crippen LogP contribution in [0, 0.1) is 5.41 Å². The van der Waals surface area contributed by atoms with Crippen molar-refractivity contribution < 1.29 is 19.1 Å². The number of hydrogen-bond donors (Lipinski definition) is 0. The Morgan fingerprint density at radius 1 is 0.879 bits per heavy atom. The minimum atomic E-state index is -0.623. The molecule has 0 saturated carbocycles. The van der Waals surface area contributed by atoms with Gasteiger partial charge in [-0.3, -0.25) is 19.3 Å². The van der Waals surface area contributed by atoms with E-state index in [-0.39, 0.29) is 73.9 Å². The lowest BCUT2D eigenvalue weighted by molar-refractivity contribution is -0.137. The molecule has 1 heterocycles. The summed E-state index contributed by atoms with van der Waals surface area (Å²) in [6, 6.07) is 0. The fraction of sp³-hybridized carbons (Fsp3) is 0.737. The average molecular weight is 467 g/mol. The molecule has 0 unspecified atom stereocenters. The topological polar surface area (TPSA) is 210 Å². The van der Waals surface area contributed by atoms with Crippen molar-refractivity contribution in [1.29, 1.82) is 0 Å². The number of hydrogen-bond acceptors (Lipinski definition) is 7. The first-order valence-corrected chi connectivity index (χ1v) is 9.13. The first-order valence-electron chi connectivity index (χ1n) is 9.13. The van der Waals surface area contributed by atoms with E-state index in [1.54, 1.807) is 0 Å². The molecule has 0 atom stereocenters. The Balaban J connectivity index is -0.00000300. The van der Waals surface area contributed by atoms with Crippen LogP contribution in [-0.4, -0.2) is 61.9 Å². The first kappa shape index (κ1) is 34.1. The maximum Gasteiger partial charge on any atom is 0.253 e. The Labute approximate surface area is 193 Å². The van der Waals surface area contributed by atoms with Gasteiger partial charge in [0, 0.05) is 59.5 Å². The van der Waals surface area contributed by atoms with Gasteiger partial charge in [-0.25, -0.2) is 0 Å². The van der Waals surface area contributed by atoms with Crippen LogP contribution in [0.3, 0.4) is 0 Å². The van der Waals surface area contributed by atoms with Crippen LogP contribution in [0.15, 0.2) is 27.5 Å². The van der Waals surface area contributed by atoms with E-state index in [9.17, 15) is 14.4 Å². The first-order chi connectivity index (χ1) is 14.5. The molecule has 1 aliphatic heterocycles. The van der Waals surface area contributed by atoms with E-state index in [1.165, 1.54) is 0 Å². The normalized spacial score (nSPS) is 13.2. The fourth-order valence-corrected chi connectivity index (χ4v) is 2.93. The molecule has 0 saturated heterocycles. The van der Waals surface area contributed by atoms with Crippen LogP contribution in [0.4, 0.5) is 0 Å². The number of Topliss-reactive ketones (excluding diaryl/α,β-unsaturated/α-hetero) is 1. The van der Waals surface area contributed by atoms with Gasteiger partial charge in [0.15, 0.2) is 5.78 Å². The number of rotatable bonds is 16. The molecule has 1 aliphatic rings. The second-order valence-electron chi connectivity index (χ2n) is 6.56. The van der Waals surface area contributed by atoms with Crippen molar-refractivity contribution in [3.8, 4) is 0 Å². The maximum atomic E-state index is 12.1. The summed E-state index contributed by atoms with van der Waals surface area (Å²) in [5.74, 6) is -1.21. The van der Waals surface area contributed by atoms with Crippen LogP contribution in [0.25, 0.3) is 31.3 Å².